The van der Waals surface area contributed by atoms with Crippen molar-refractivity contribution in [3.63, 3.8) is 0 Å². The van der Waals surface area contributed by atoms with E-state index in [0.29, 0.717) is 32.4 Å². The van der Waals surface area contributed by atoms with E-state index in [9.17, 15) is 18.4 Å². The number of ether oxygens (including phenoxy) is 1. The van der Waals surface area contributed by atoms with E-state index in [1.165, 1.54) is 6.07 Å². The Balaban J connectivity index is 1.68. The normalized spacial score (nSPS) is 15.5. The van der Waals surface area contributed by atoms with E-state index >= 15 is 0 Å². The quantitative estimate of drug-likeness (QED) is 0.811. The van der Waals surface area contributed by atoms with Gasteiger partial charge in [-0.3, -0.25) is 9.59 Å². The number of rotatable bonds is 6. The Morgan fingerprint density at radius 2 is 1.96 bits per heavy atom. The van der Waals surface area contributed by atoms with E-state index in [0.717, 1.165) is 12.1 Å². The Bertz CT molecular complexity index is 572. The van der Waals surface area contributed by atoms with Crippen LogP contribution in [0, 0.1) is 17.6 Å². The molecule has 1 fully saturated rings. The molecule has 1 aromatic carbocycles. The van der Waals surface area contributed by atoms with Gasteiger partial charge in [0, 0.05) is 31.5 Å². The van der Waals surface area contributed by atoms with Crippen LogP contribution in [0.25, 0.3) is 0 Å². The van der Waals surface area contributed by atoms with Crippen molar-refractivity contribution in [2.45, 2.75) is 25.7 Å². The molecule has 1 saturated heterocycles. The van der Waals surface area contributed by atoms with E-state index in [1.807, 2.05) is 0 Å². The van der Waals surface area contributed by atoms with Gasteiger partial charge in [0.05, 0.1) is 6.61 Å². The lowest BCUT2D eigenvalue weighted by molar-refractivity contribution is -0.135. The van der Waals surface area contributed by atoms with Gasteiger partial charge in [0.15, 0.2) is 11.6 Å². The van der Waals surface area contributed by atoms with Gasteiger partial charge in [-0.2, -0.15) is 0 Å². The van der Waals surface area contributed by atoms with Crippen LogP contribution in [0.5, 0.6) is 5.75 Å². The molecule has 1 aliphatic rings. The summed E-state index contributed by atoms with van der Waals surface area (Å²) < 4.78 is 31.3. The molecule has 0 bridgehead atoms. The first-order valence-corrected chi connectivity index (χ1v) is 7.62. The van der Waals surface area contributed by atoms with Crippen molar-refractivity contribution in [3.8, 4) is 5.75 Å². The second kappa shape index (κ2) is 7.89. The monoisotopic (exact) mass is 326 g/mol. The van der Waals surface area contributed by atoms with Gasteiger partial charge in [-0.25, -0.2) is 8.78 Å². The number of carbonyl (C=O) groups is 2. The van der Waals surface area contributed by atoms with Crippen LogP contribution in [0.15, 0.2) is 18.2 Å². The highest BCUT2D eigenvalue weighted by Gasteiger charge is 2.25. The molecule has 1 aromatic rings. The molecule has 0 aliphatic carbocycles. The highest BCUT2D eigenvalue weighted by Crippen LogP contribution is 2.19. The minimum atomic E-state index is -0.759. The van der Waals surface area contributed by atoms with E-state index < -0.39 is 11.6 Å². The first-order chi connectivity index (χ1) is 11.0. The second-order valence-electron chi connectivity index (χ2n) is 5.58. The molecule has 0 spiro atoms. The SMILES string of the molecule is NC(=O)C1CCN(C(=O)CCCOc2ccc(F)cc2F)CC1. The summed E-state index contributed by atoms with van der Waals surface area (Å²) in [6.07, 6.45) is 1.91. The molecule has 0 unspecified atom stereocenters. The smallest absolute Gasteiger partial charge is 0.222 e. The molecule has 0 saturated carbocycles. The van der Waals surface area contributed by atoms with E-state index in [2.05, 4.69) is 0 Å². The standard InChI is InChI=1S/C16H20F2N2O3/c17-12-3-4-14(13(18)10-12)23-9-1-2-15(21)20-7-5-11(6-8-20)16(19)22/h3-4,10-11H,1-2,5-9H2,(H2,19,22). The summed E-state index contributed by atoms with van der Waals surface area (Å²) in [7, 11) is 0. The number of piperidine rings is 1. The molecule has 0 atom stereocenters. The molecule has 2 N–H and O–H groups in total. The topological polar surface area (TPSA) is 72.6 Å². The van der Waals surface area contributed by atoms with Crippen LogP contribution in [0.1, 0.15) is 25.7 Å². The fourth-order valence-electron chi connectivity index (χ4n) is 2.57. The summed E-state index contributed by atoms with van der Waals surface area (Å²) in [4.78, 5) is 24.8. The molecule has 5 nitrogen and oxygen atoms in total. The first-order valence-electron chi connectivity index (χ1n) is 7.62. The Labute approximate surface area is 133 Å². The van der Waals surface area contributed by atoms with Gasteiger partial charge in [0.2, 0.25) is 11.8 Å². The highest BCUT2D eigenvalue weighted by molar-refractivity contribution is 5.78. The molecule has 2 amide bonds. The zero-order valence-electron chi connectivity index (χ0n) is 12.8. The average molecular weight is 326 g/mol. The lowest BCUT2D eigenvalue weighted by atomic mass is 9.96. The van der Waals surface area contributed by atoms with Crippen molar-refractivity contribution in [1.29, 1.82) is 0 Å². The fraction of sp³-hybridized carbons (Fsp3) is 0.500. The summed E-state index contributed by atoms with van der Waals surface area (Å²) in [6.45, 7) is 1.23. The fourth-order valence-corrected chi connectivity index (χ4v) is 2.57. The number of amides is 2. The molecular formula is C16H20F2N2O3. The summed E-state index contributed by atoms with van der Waals surface area (Å²) in [5, 5.41) is 0. The van der Waals surface area contributed by atoms with E-state index in [1.54, 1.807) is 4.90 Å². The number of benzene rings is 1. The predicted octanol–water partition coefficient (Wildman–Crippen LogP) is 1.85. The van der Waals surface area contributed by atoms with Crippen LogP contribution in [0.3, 0.4) is 0 Å². The van der Waals surface area contributed by atoms with Crippen LogP contribution in [-0.4, -0.2) is 36.4 Å². The predicted molar refractivity (Wildman–Crippen MR) is 79.6 cm³/mol. The molecule has 0 aromatic heterocycles. The maximum Gasteiger partial charge on any atom is 0.222 e. The second-order valence-corrected chi connectivity index (χ2v) is 5.58. The third-order valence-corrected chi connectivity index (χ3v) is 3.94. The lowest BCUT2D eigenvalue weighted by Gasteiger charge is -2.30. The van der Waals surface area contributed by atoms with Crippen molar-refractivity contribution < 1.29 is 23.1 Å². The third kappa shape index (κ3) is 4.91. The van der Waals surface area contributed by atoms with Crippen LogP contribution in [0.2, 0.25) is 0 Å². The maximum atomic E-state index is 13.4. The zero-order chi connectivity index (χ0) is 16.8. The van der Waals surface area contributed by atoms with Crippen LogP contribution < -0.4 is 10.5 Å². The number of nitrogens with two attached hydrogens (primary N) is 1. The summed E-state index contributed by atoms with van der Waals surface area (Å²) in [5.74, 6) is -1.93. The Morgan fingerprint density at radius 1 is 1.26 bits per heavy atom. The average Bonchev–Trinajstić information content (AvgIpc) is 2.53. The first kappa shape index (κ1) is 17.2. The molecule has 0 radical (unpaired) electrons. The molecule has 7 heteroatoms. The summed E-state index contributed by atoms with van der Waals surface area (Å²) >= 11 is 0. The zero-order valence-corrected chi connectivity index (χ0v) is 12.8. The molecule has 1 heterocycles. The highest BCUT2D eigenvalue weighted by atomic mass is 19.1. The van der Waals surface area contributed by atoms with Gasteiger partial charge in [0.25, 0.3) is 0 Å². The van der Waals surface area contributed by atoms with Crippen LogP contribution in [-0.2, 0) is 9.59 Å². The van der Waals surface area contributed by atoms with Crippen molar-refractivity contribution in [1.82, 2.24) is 4.90 Å². The summed E-state index contributed by atoms with van der Waals surface area (Å²) in [6, 6.07) is 3.09. The Morgan fingerprint density at radius 3 is 2.57 bits per heavy atom. The number of primary amides is 1. The maximum absolute atomic E-state index is 13.4. The number of carbonyl (C=O) groups excluding carboxylic acids is 2. The molecule has 126 valence electrons. The van der Waals surface area contributed by atoms with Gasteiger partial charge in [-0.15, -0.1) is 0 Å². The third-order valence-electron chi connectivity index (χ3n) is 3.94. The van der Waals surface area contributed by atoms with Crippen LogP contribution >= 0.6 is 0 Å². The number of likely N-dealkylation sites (tertiary alicyclic amines) is 1. The largest absolute Gasteiger partial charge is 0.491 e. The minimum Gasteiger partial charge on any atom is -0.491 e. The number of nitrogens with zero attached hydrogens (tertiary/aromatic N) is 1. The molecule has 1 aliphatic heterocycles. The van der Waals surface area contributed by atoms with Crippen molar-refractivity contribution in [3.05, 3.63) is 29.8 Å². The van der Waals surface area contributed by atoms with Gasteiger partial charge in [-0.05, 0) is 31.4 Å². The van der Waals surface area contributed by atoms with E-state index in [4.69, 9.17) is 10.5 Å². The Hall–Kier alpha value is -2.18. The molecular weight excluding hydrogens is 306 g/mol. The van der Waals surface area contributed by atoms with Crippen molar-refractivity contribution in [2.75, 3.05) is 19.7 Å². The minimum absolute atomic E-state index is 0.0175. The Kier molecular flexibility index (Phi) is 5.90. The van der Waals surface area contributed by atoms with Crippen molar-refractivity contribution in [2.24, 2.45) is 11.7 Å². The number of hydrogen-bond donors (Lipinski definition) is 1. The van der Waals surface area contributed by atoms with E-state index in [-0.39, 0.29) is 36.5 Å². The van der Waals surface area contributed by atoms with Crippen LogP contribution in [0.4, 0.5) is 8.78 Å². The van der Waals surface area contributed by atoms with Gasteiger partial charge in [-0.1, -0.05) is 0 Å². The summed E-state index contributed by atoms with van der Waals surface area (Å²) in [5.41, 5.74) is 5.25. The molecule has 2 rings (SSSR count). The molecule has 23 heavy (non-hydrogen) atoms. The van der Waals surface area contributed by atoms with Gasteiger partial charge >= 0.3 is 0 Å². The lowest BCUT2D eigenvalue weighted by Crippen LogP contribution is -2.41. The number of hydrogen-bond acceptors (Lipinski definition) is 3. The number of halogens is 2. The van der Waals surface area contributed by atoms with Gasteiger partial charge < -0.3 is 15.4 Å². The van der Waals surface area contributed by atoms with Gasteiger partial charge in [0.1, 0.15) is 5.82 Å². The van der Waals surface area contributed by atoms with Crippen molar-refractivity contribution >= 4 is 11.8 Å².